The van der Waals surface area contributed by atoms with Crippen LogP contribution in [0.2, 0.25) is 10.0 Å². The number of nitrogens with one attached hydrogen (secondary N) is 2. The number of carboxylic acid groups (broad SMARTS) is 1. The van der Waals surface area contributed by atoms with Crippen molar-refractivity contribution in [1.29, 1.82) is 0 Å². The Balaban J connectivity index is 1.89. The molecule has 0 spiro atoms. The van der Waals surface area contributed by atoms with Gasteiger partial charge in [-0.1, -0.05) is 62.2 Å². The number of benzene rings is 3. The lowest BCUT2D eigenvalue weighted by atomic mass is 9.62. The molecule has 39 heavy (non-hydrogen) atoms. The van der Waals surface area contributed by atoms with Gasteiger partial charge in [0.05, 0.1) is 11.6 Å². The summed E-state index contributed by atoms with van der Waals surface area (Å²) < 4.78 is 15.7. The van der Waals surface area contributed by atoms with Crippen LogP contribution in [-0.4, -0.2) is 35.6 Å². The van der Waals surface area contributed by atoms with E-state index in [1.165, 1.54) is 36.4 Å². The fourth-order valence-electron chi connectivity index (χ4n) is 5.75. The molecule has 0 saturated carbocycles. The van der Waals surface area contributed by atoms with Crippen LogP contribution in [0.4, 0.5) is 10.1 Å². The second-order valence-corrected chi connectivity index (χ2v) is 12.0. The number of rotatable bonds is 7. The highest BCUT2D eigenvalue weighted by molar-refractivity contribution is 6.31. The molecule has 3 aromatic rings. The molecule has 0 aromatic heterocycles. The lowest BCUT2D eigenvalue weighted by Gasteiger charge is -2.42. The molecule has 1 heterocycles. The van der Waals surface area contributed by atoms with E-state index in [9.17, 15) is 14.7 Å². The average Bonchev–Trinajstić information content (AvgIpc) is 3.19. The van der Waals surface area contributed by atoms with Crippen LogP contribution in [0.3, 0.4) is 0 Å². The number of aromatic carboxylic acids is 1. The van der Waals surface area contributed by atoms with Crippen LogP contribution in [0.1, 0.15) is 54.6 Å². The summed E-state index contributed by atoms with van der Waals surface area (Å²) in [5.74, 6) is -2.56. The Labute approximate surface area is 237 Å². The summed E-state index contributed by atoms with van der Waals surface area (Å²) in [6, 6.07) is 16.2. The second kappa shape index (κ2) is 11.3. The van der Waals surface area contributed by atoms with Gasteiger partial charge in [0.1, 0.15) is 5.82 Å². The van der Waals surface area contributed by atoms with E-state index in [0.29, 0.717) is 33.3 Å². The summed E-state index contributed by atoms with van der Waals surface area (Å²) in [7, 11) is 0. The Kier molecular flexibility index (Phi) is 8.38. The molecule has 0 bridgehead atoms. The molecule has 4 atom stereocenters. The van der Waals surface area contributed by atoms with E-state index in [4.69, 9.17) is 28.9 Å². The van der Waals surface area contributed by atoms with Gasteiger partial charge < -0.3 is 21.5 Å². The number of hydrogen-bond acceptors (Lipinski definition) is 4. The molecule has 6 nitrogen and oxygen atoms in total. The van der Waals surface area contributed by atoms with Gasteiger partial charge in [0.25, 0.3) is 0 Å². The predicted molar refractivity (Wildman–Crippen MR) is 153 cm³/mol. The normalized spacial score (nSPS) is 23.0. The number of carbonyl (C=O) groups is 2. The van der Waals surface area contributed by atoms with Gasteiger partial charge in [-0.3, -0.25) is 4.79 Å². The topological polar surface area (TPSA) is 104 Å². The van der Waals surface area contributed by atoms with Crippen molar-refractivity contribution < 1.29 is 19.1 Å². The van der Waals surface area contributed by atoms with Crippen molar-refractivity contribution in [2.75, 3.05) is 11.9 Å². The van der Waals surface area contributed by atoms with Crippen molar-refractivity contribution in [2.24, 2.45) is 11.1 Å². The molecule has 1 aliphatic heterocycles. The minimum Gasteiger partial charge on any atom is -0.478 e. The highest BCUT2D eigenvalue weighted by Crippen LogP contribution is 2.53. The zero-order chi connectivity index (χ0) is 28.5. The maximum Gasteiger partial charge on any atom is 0.335 e. The molecule has 3 aromatic carbocycles. The molecule has 0 unspecified atom stereocenters. The number of nitrogens with two attached hydrogens (primary N) is 1. The first-order chi connectivity index (χ1) is 18.4. The molecule has 5 N–H and O–H groups in total. The number of hydrogen-bond donors (Lipinski definition) is 4. The first-order valence-corrected chi connectivity index (χ1v) is 13.4. The van der Waals surface area contributed by atoms with E-state index in [0.717, 1.165) is 0 Å². The quantitative estimate of drug-likeness (QED) is 0.269. The van der Waals surface area contributed by atoms with E-state index in [2.05, 4.69) is 31.4 Å². The number of carbonyl (C=O) groups excluding carboxylic acids is 1. The molecule has 1 amide bonds. The third-order valence-corrected chi connectivity index (χ3v) is 7.98. The van der Waals surface area contributed by atoms with Gasteiger partial charge in [-0.2, -0.15) is 0 Å². The zero-order valence-electron chi connectivity index (χ0n) is 22.0. The molecule has 0 aliphatic carbocycles. The Morgan fingerprint density at radius 2 is 1.74 bits per heavy atom. The lowest BCUT2D eigenvalue weighted by Crippen LogP contribution is -2.50. The Bertz CT molecular complexity index is 1380. The maximum absolute atomic E-state index is 15.7. The van der Waals surface area contributed by atoms with Gasteiger partial charge >= 0.3 is 5.97 Å². The van der Waals surface area contributed by atoms with Crippen molar-refractivity contribution in [3.05, 3.63) is 99.3 Å². The summed E-state index contributed by atoms with van der Waals surface area (Å²) in [4.78, 5) is 25.2. The predicted octanol–water partition coefficient (Wildman–Crippen LogP) is 6.23. The van der Waals surface area contributed by atoms with Crippen LogP contribution >= 0.6 is 23.2 Å². The zero-order valence-corrected chi connectivity index (χ0v) is 23.5. The number of halogens is 3. The second-order valence-electron chi connectivity index (χ2n) is 11.2. The number of carboxylic acids is 1. The van der Waals surface area contributed by atoms with Crippen molar-refractivity contribution in [1.82, 2.24) is 5.32 Å². The third-order valence-electron chi connectivity index (χ3n) is 7.40. The summed E-state index contributed by atoms with van der Waals surface area (Å²) in [5, 5.41) is 16.4. The largest absolute Gasteiger partial charge is 0.478 e. The van der Waals surface area contributed by atoms with Crippen molar-refractivity contribution in [3.63, 3.8) is 0 Å². The molecule has 1 aliphatic rings. The fourth-order valence-corrected chi connectivity index (χ4v) is 6.17. The number of anilines is 1. The van der Waals surface area contributed by atoms with Crippen molar-refractivity contribution >= 4 is 40.8 Å². The van der Waals surface area contributed by atoms with Crippen LogP contribution in [0.15, 0.2) is 66.7 Å². The van der Waals surface area contributed by atoms with E-state index < -0.39 is 35.2 Å². The minimum atomic E-state index is -1.08. The maximum atomic E-state index is 15.7. The van der Waals surface area contributed by atoms with Gasteiger partial charge in [-0.05, 0) is 71.5 Å². The van der Waals surface area contributed by atoms with Crippen LogP contribution in [-0.2, 0) is 10.2 Å². The highest BCUT2D eigenvalue weighted by Gasteiger charge is 2.59. The molecule has 0 radical (unpaired) electrons. The molecule has 1 saturated heterocycles. The van der Waals surface area contributed by atoms with Gasteiger partial charge in [0.2, 0.25) is 5.91 Å². The summed E-state index contributed by atoms with van der Waals surface area (Å²) in [6.45, 7) is 6.25. The summed E-state index contributed by atoms with van der Waals surface area (Å²) in [5.41, 5.74) is 6.82. The van der Waals surface area contributed by atoms with Crippen LogP contribution in [0, 0.1) is 11.2 Å². The van der Waals surface area contributed by atoms with Gasteiger partial charge in [0.15, 0.2) is 0 Å². The molecular weight excluding hydrogens is 540 g/mol. The molecule has 1 fully saturated rings. The summed E-state index contributed by atoms with van der Waals surface area (Å²) >= 11 is 13.1. The summed E-state index contributed by atoms with van der Waals surface area (Å²) in [6.07, 6.45) is 0.578. The van der Waals surface area contributed by atoms with Crippen molar-refractivity contribution in [3.8, 4) is 0 Å². The Hall–Kier alpha value is -2.97. The SMILES string of the molecule is CC(C)(C)C[C@@H]1N[C@@H](C(=O)Nc2ccc(C(=O)O)cc2)[C@H](c2ccccc2Cl)[C@@]1(CN)c1cc(Cl)ccc1F. The Morgan fingerprint density at radius 3 is 2.33 bits per heavy atom. The molecule has 206 valence electrons. The number of amides is 1. The van der Waals surface area contributed by atoms with Gasteiger partial charge in [-0.15, -0.1) is 0 Å². The molecule has 9 heteroatoms. The highest BCUT2D eigenvalue weighted by atomic mass is 35.5. The van der Waals surface area contributed by atoms with Crippen LogP contribution < -0.4 is 16.4 Å². The van der Waals surface area contributed by atoms with Gasteiger partial charge in [-0.25, -0.2) is 9.18 Å². The lowest BCUT2D eigenvalue weighted by molar-refractivity contribution is -0.118. The van der Waals surface area contributed by atoms with Crippen LogP contribution in [0.25, 0.3) is 0 Å². The van der Waals surface area contributed by atoms with Crippen molar-refractivity contribution in [2.45, 2.75) is 50.6 Å². The van der Waals surface area contributed by atoms with E-state index in [1.54, 1.807) is 18.2 Å². The van der Waals surface area contributed by atoms with Gasteiger partial charge in [0, 0.05) is 39.7 Å². The standard InChI is InChI=1S/C30H32Cl2FN3O3/c1-29(2,3)15-24-30(16-34,21-14-18(31)10-13-23(21)33)25(20-6-4-5-7-22(20)32)26(36-24)27(37)35-19-11-8-17(9-12-19)28(38)39/h4-14,24-26,36H,15-16,34H2,1-3H3,(H,35,37)(H,38,39)/t24-,25-,26+,30-/m0/s1. The first-order valence-electron chi connectivity index (χ1n) is 12.7. The first kappa shape index (κ1) is 29.0. The van der Waals surface area contributed by atoms with E-state index in [-0.39, 0.29) is 23.4 Å². The third kappa shape index (κ3) is 5.82. The molecule has 4 rings (SSSR count). The van der Waals surface area contributed by atoms with E-state index in [1.807, 2.05) is 12.1 Å². The smallest absolute Gasteiger partial charge is 0.335 e. The van der Waals surface area contributed by atoms with E-state index >= 15 is 4.39 Å². The van der Waals surface area contributed by atoms with Crippen LogP contribution in [0.5, 0.6) is 0 Å². The monoisotopic (exact) mass is 571 g/mol. The minimum absolute atomic E-state index is 0.0188. The average molecular weight is 573 g/mol. The molecular formula is C30H32Cl2FN3O3. The fraction of sp³-hybridized carbons (Fsp3) is 0.333. The Morgan fingerprint density at radius 1 is 1.08 bits per heavy atom.